The molecule has 0 aliphatic heterocycles. The maximum Gasteiger partial charge on any atom is 0.243 e. The molecule has 0 aliphatic rings. The van der Waals surface area contributed by atoms with Gasteiger partial charge in [-0.15, -0.1) is 0 Å². The van der Waals surface area contributed by atoms with E-state index >= 15 is 0 Å². The van der Waals surface area contributed by atoms with Crippen LogP contribution in [-0.4, -0.2) is 6.71 Å². The lowest BCUT2D eigenvalue weighted by molar-refractivity contribution is 0.595. The van der Waals surface area contributed by atoms with Crippen LogP contribution >= 0.6 is 0 Å². The van der Waals surface area contributed by atoms with E-state index in [1.54, 1.807) is 0 Å². The number of para-hydroxylation sites is 1. The molecule has 10 rings (SSSR count). The minimum atomic E-state index is -0.153. The van der Waals surface area contributed by atoms with Crippen LogP contribution in [0.5, 0.6) is 0 Å². The van der Waals surface area contributed by atoms with Crippen molar-refractivity contribution in [3.05, 3.63) is 203 Å². The first-order valence-corrected chi connectivity index (χ1v) is 23.1. The fraction of sp³-hybridized carbons (Fsp3) is 0.194. The Morgan fingerprint density at radius 2 is 0.891 bits per heavy atom. The molecule has 0 saturated carbocycles. The van der Waals surface area contributed by atoms with E-state index in [4.69, 9.17) is 0 Å². The highest BCUT2D eigenvalue weighted by atomic mass is 15.1. The van der Waals surface area contributed by atoms with Gasteiger partial charge in [0.05, 0.1) is 11.4 Å². The Balaban J connectivity index is 1.39. The molecule has 0 atom stereocenters. The summed E-state index contributed by atoms with van der Waals surface area (Å²) < 4.78 is 0. The van der Waals surface area contributed by atoms with E-state index in [-0.39, 0.29) is 17.5 Å². The number of fused-ring (bicyclic) bond motifs is 1. The Kier molecular flexibility index (Phi) is 10.1. The highest BCUT2D eigenvalue weighted by Crippen LogP contribution is 2.50. The molecule has 10 aromatic rings. The molecule has 1 nitrogen and oxygen atoms in total. The molecule has 0 saturated heterocycles. The van der Waals surface area contributed by atoms with Crippen molar-refractivity contribution in [1.29, 1.82) is 0 Å². The van der Waals surface area contributed by atoms with Crippen molar-refractivity contribution in [2.24, 2.45) is 0 Å². The molecule has 0 spiro atoms. The first kappa shape index (κ1) is 41.4. The third kappa shape index (κ3) is 6.87. The van der Waals surface area contributed by atoms with Crippen LogP contribution < -0.4 is 21.3 Å². The van der Waals surface area contributed by atoms with Crippen LogP contribution in [0.1, 0.15) is 74.9 Å². The largest absolute Gasteiger partial charge is 0.309 e. The highest BCUT2D eigenvalue weighted by molar-refractivity contribution is 6.98. The van der Waals surface area contributed by atoms with Crippen LogP contribution in [0.3, 0.4) is 0 Å². The molecule has 0 aromatic heterocycles. The minimum Gasteiger partial charge on any atom is -0.309 e. The van der Waals surface area contributed by atoms with E-state index in [2.05, 4.69) is 244 Å². The molecule has 64 heavy (non-hydrogen) atoms. The summed E-state index contributed by atoms with van der Waals surface area (Å²) in [7, 11) is 0. The van der Waals surface area contributed by atoms with Crippen LogP contribution in [0.4, 0.5) is 17.1 Å². The lowest BCUT2D eigenvalue weighted by Crippen LogP contribution is -2.56. The molecule has 314 valence electrons. The Bertz CT molecular complexity index is 3310. The highest BCUT2D eigenvalue weighted by Gasteiger charge is 2.34. The van der Waals surface area contributed by atoms with E-state index in [1.807, 2.05) is 0 Å². The van der Waals surface area contributed by atoms with Gasteiger partial charge in [-0.1, -0.05) is 226 Å². The van der Waals surface area contributed by atoms with Gasteiger partial charge in [-0.2, -0.15) is 0 Å². The molecule has 0 heterocycles. The van der Waals surface area contributed by atoms with Gasteiger partial charge < -0.3 is 4.90 Å². The van der Waals surface area contributed by atoms with E-state index < -0.39 is 0 Å². The van der Waals surface area contributed by atoms with Crippen molar-refractivity contribution in [3.63, 3.8) is 0 Å². The van der Waals surface area contributed by atoms with Gasteiger partial charge >= 0.3 is 0 Å². The summed E-state index contributed by atoms with van der Waals surface area (Å²) in [4.78, 5) is 2.55. The lowest BCUT2D eigenvalue weighted by atomic mass is 9.33. The van der Waals surface area contributed by atoms with Gasteiger partial charge in [0.25, 0.3) is 0 Å². The van der Waals surface area contributed by atoms with Crippen molar-refractivity contribution < 1.29 is 0 Å². The second-order valence-corrected chi connectivity index (χ2v) is 20.3. The smallest absolute Gasteiger partial charge is 0.243 e. The zero-order valence-corrected chi connectivity index (χ0v) is 39.2. The van der Waals surface area contributed by atoms with Crippen LogP contribution in [-0.2, 0) is 10.8 Å². The molecule has 0 amide bonds. The first-order valence-electron chi connectivity index (χ1n) is 23.1. The zero-order valence-electron chi connectivity index (χ0n) is 39.2. The fourth-order valence-electron chi connectivity index (χ4n) is 10.9. The van der Waals surface area contributed by atoms with Crippen molar-refractivity contribution in [3.8, 4) is 11.1 Å². The Morgan fingerprint density at radius 1 is 0.391 bits per heavy atom. The number of benzene rings is 10. The van der Waals surface area contributed by atoms with E-state index in [0.717, 1.165) is 11.4 Å². The molecule has 0 N–H and O–H groups in total. The summed E-state index contributed by atoms with van der Waals surface area (Å²) >= 11 is 0. The number of nitrogens with zero attached hydrogens (tertiary/aromatic N) is 1. The summed E-state index contributed by atoms with van der Waals surface area (Å²) in [6, 6.07) is 64.1. The summed E-state index contributed by atoms with van der Waals surface area (Å²) in [5.41, 5.74) is 17.8. The molecular formula is C62H58BN. The molecule has 0 fully saturated rings. The van der Waals surface area contributed by atoms with Gasteiger partial charge in [-0.05, 0) is 117 Å². The van der Waals surface area contributed by atoms with Crippen LogP contribution in [0.15, 0.2) is 170 Å². The number of hydrogen-bond donors (Lipinski definition) is 0. The number of anilines is 3. The predicted molar refractivity (Wildman–Crippen MR) is 282 cm³/mol. The Hall–Kier alpha value is -6.64. The third-order valence-electron chi connectivity index (χ3n) is 14.0. The van der Waals surface area contributed by atoms with Crippen molar-refractivity contribution in [1.82, 2.24) is 0 Å². The average molecular weight is 828 g/mol. The average Bonchev–Trinajstić information content (AvgIpc) is 3.27. The molecule has 0 unspecified atom stereocenters. The monoisotopic (exact) mass is 827 g/mol. The second kappa shape index (κ2) is 15.6. The number of hydrogen-bond acceptors (Lipinski definition) is 1. The van der Waals surface area contributed by atoms with Gasteiger partial charge in [-0.3, -0.25) is 0 Å². The molecule has 0 aliphatic carbocycles. The van der Waals surface area contributed by atoms with E-state index in [1.165, 1.54) is 110 Å². The Labute approximate surface area is 380 Å². The van der Waals surface area contributed by atoms with Crippen LogP contribution in [0.25, 0.3) is 54.2 Å². The van der Waals surface area contributed by atoms with E-state index in [9.17, 15) is 0 Å². The summed E-state index contributed by atoms with van der Waals surface area (Å²) in [6.45, 7) is 23.6. The Morgan fingerprint density at radius 3 is 1.50 bits per heavy atom. The summed E-state index contributed by atoms with van der Waals surface area (Å²) in [5, 5.41) is 10.4. The van der Waals surface area contributed by atoms with Gasteiger partial charge in [0, 0.05) is 16.6 Å². The van der Waals surface area contributed by atoms with Gasteiger partial charge in [0.1, 0.15) is 0 Å². The number of aryl methyl sites for hydroxylation is 4. The zero-order chi connectivity index (χ0) is 44.7. The molecule has 0 bridgehead atoms. The van der Waals surface area contributed by atoms with E-state index in [0.29, 0.717) is 0 Å². The molecule has 0 radical (unpaired) electrons. The first-order chi connectivity index (χ1) is 30.7. The predicted octanol–water partition coefficient (Wildman–Crippen LogP) is 15.2. The maximum atomic E-state index is 2.59. The van der Waals surface area contributed by atoms with Crippen molar-refractivity contribution in [2.75, 3.05) is 4.90 Å². The van der Waals surface area contributed by atoms with Gasteiger partial charge in [0.2, 0.25) is 6.71 Å². The van der Waals surface area contributed by atoms with Gasteiger partial charge in [0.15, 0.2) is 0 Å². The molecule has 2 heteroatoms. The minimum absolute atomic E-state index is 0.0430. The maximum absolute atomic E-state index is 2.59. The summed E-state index contributed by atoms with van der Waals surface area (Å²) in [6.07, 6.45) is 0. The molecular weight excluding hydrogens is 770 g/mol. The quantitative estimate of drug-likeness (QED) is 0.114. The van der Waals surface area contributed by atoms with Crippen LogP contribution in [0.2, 0.25) is 0 Å². The molecule has 10 aromatic carbocycles. The van der Waals surface area contributed by atoms with Crippen molar-refractivity contribution in [2.45, 2.75) is 80.1 Å². The lowest BCUT2D eigenvalue weighted by Gasteiger charge is -2.34. The normalized spacial score (nSPS) is 12.2. The topological polar surface area (TPSA) is 3.24 Å². The summed E-state index contributed by atoms with van der Waals surface area (Å²) in [5.74, 6) is 0. The number of rotatable bonds is 7. The van der Waals surface area contributed by atoms with Crippen LogP contribution in [0, 0.1) is 27.7 Å². The fourth-order valence-corrected chi connectivity index (χ4v) is 10.9. The van der Waals surface area contributed by atoms with Gasteiger partial charge in [-0.25, -0.2) is 0 Å². The second-order valence-electron chi connectivity index (χ2n) is 20.3. The third-order valence-corrected chi connectivity index (χ3v) is 14.0. The SMILES string of the molecule is Cc1cccc(C)c1B(c1c(C)cccc1C)c1cc(C(C)(C)C)c2ccc3c(N(c4ccc5ccccc5c4)c4ccccc4-c4ccccc4)cc(C(C)(C)C)c4ccc1c2c34. The standard InChI is InChI=1S/C62H58BN/c1-39-20-18-21-40(2)59(39)63(60-41(3)22-19-23-42(60)4)54-37-52(61(5,6)7)48-33-35-51-56(38-53(62(8,9)10)49-32-34-50(54)57(48)58(49)51)64(46-31-30-43-24-14-15-27-45(43)36-46)55-29-17-16-28-47(55)44-25-12-11-13-26-44/h11-38H,1-10H3. The van der Waals surface area contributed by atoms with Crippen molar-refractivity contribution >= 4 is 83.3 Å².